The van der Waals surface area contributed by atoms with Gasteiger partial charge in [0.2, 0.25) is 0 Å². The van der Waals surface area contributed by atoms with Gasteiger partial charge in [-0.15, -0.1) is 0 Å². The van der Waals surface area contributed by atoms with Crippen LogP contribution in [0.2, 0.25) is 0 Å². The molecule has 0 rings (SSSR count). The minimum Gasteiger partial charge on any atom is -0.448 e. The Bertz CT molecular complexity index is 43.3. The minimum atomic E-state index is -1.69. The van der Waals surface area contributed by atoms with E-state index >= 15 is 0 Å². The smallest absolute Gasteiger partial charge is 0.448 e. The molecule has 6 heteroatoms. The first-order valence-electron chi connectivity index (χ1n) is 0.814. The SMILES string of the molecule is O.O=C(O)OO.[Co]. The summed E-state index contributed by atoms with van der Waals surface area (Å²) in [4.78, 5) is 11.6. The molecule has 0 heterocycles. The van der Waals surface area contributed by atoms with Crippen molar-refractivity contribution in [3.8, 4) is 0 Å². The Kier molecular flexibility index (Phi) is 20.9. The monoisotopic (exact) mass is 155 g/mol. The first-order chi connectivity index (χ1) is 2.27. The van der Waals surface area contributed by atoms with Gasteiger partial charge < -0.3 is 10.6 Å². The average Bonchev–Trinajstić information content (AvgIpc) is 1.38. The summed E-state index contributed by atoms with van der Waals surface area (Å²) in [5.41, 5.74) is 0. The van der Waals surface area contributed by atoms with Crippen LogP contribution in [0.4, 0.5) is 4.79 Å². The number of carbonyl (C=O) groups is 1. The molecular formula is CH4CoO5. The Labute approximate surface area is 49.3 Å². The summed E-state index contributed by atoms with van der Waals surface area (Å²) in [7, 11) is 0. The van der Waals surface area contributed by atoms with Crippen LogP contribution in [0.15, 0.2) is 0 Å². The van der Waals surface area contributed by atoms with E-state index in [1.807, 2.05) is 0 Å². The van der Waals surface area contributed by atoms with Gasteiger partial charge in [0.05, 0.1) is 0 Å². The van der Waals surface area contributed by atoms with Gasteiger partial charge in [0.25, 0.3) is 0 Å². The zero-order valence-corrected chi connectivity index (χ0v) is 4.09. The molecule has 0 amide bonds. The molecule has 0 saturated heterocycles. The molecule has 7 heavy (non-hydrogen) atoms. The van der Waals surface area contributed by atoms with E-state index in [1.165, 1.54) is 0 Å². The first-order valence-corrected chi connectivity index (χ1v) is 0.814. The molecule has 0 aliphatic rings. The van der Waals surface area contributed by atoms with Crippen molar-refractivity contribution >= 4 is 6.16 Å². The third-order valence-corrected chi connectivity index (χ3v) is 0.0781. The van der Waals surface area contributed by atoms with Crippen molar-refractivity contribution in [2.24, 2.45) is 0 Å². The molecule has 4 N–H and O–H groups in total. The molecule has 5 nitrogen and oxygen atoms in total. The summed E-state index contributed by atoms with van der Waals surface area (Å²) < 4.78 is 0. The van der Waals surface area contributed by atoms with Crippen LogP contribution in [0.25, 0.3) is 0 Å². The van der Waals surface area contributed by atoms with Crippen molar-refractivity contribution in [3.05, 3.63) is 0 Å². The molecule has 0 fully saturated rings. The molecule has 0 aromatic carbocycles. The maximum absolute atomic E-state index is 8.90. The van der Waals surface area contributed by atoms with Gasteiger partial charge in [-0.1, -0.05) is 0 Å². The Morgan fingerprint density at radius 1 is 1.57 bits per heavy atom. The average molecular weight is 155 g/mol. The molecular weight excluding hydrogens is 151 g/mol. The second-order valence-electron chi connectivity index (χ2n) is 0.357. The predicted molar refractivity (Wildman–Crippen MR) is 15.4 cm³/mol. The van der Waals surface area contributed by atoms with Crippen molar-refractivity contribution in [1.29, 1.82) is 0 Å². The Morgan fingerprint density at radius 3 is 1.71 bits per heavy atom. The molecule has 0 unspecified atom stereocenters. The molecule has 47 valence electrons. The minimum absolute atomic E-state index is 0. The largest absolute Gasteiger partial charge is 0.537 e. The molecule has 0 aromatic heterocycles. The van der Waals surface area contributed by atoms with Crippen LogP contribution in [-0.2, 0) is 21.7 Å². The molecule has 1 radical (unpaired) electrons. The summed E-state index contributed by atoms with van der Waals surface area (Å²) in [5.74, 6) is 0. The summed E-state index contributed by atoms with van der Waals surface area (Å²) in [6.07, 6.45) is -1.69. The second kappa shape index (κ2) is 9.20. The van der Waals surface area contributed by atoms with Crippen LogP contribution in [0.1, 0.15) is 0 Å². The summed E-state index contributed by atoms with van der Waals surface area (Å²) in [6.45, 7) is 0. The van der Waals surface area contributed by atoms with E-state index in [-0.39, 0.29) is 22.3 Å². The maximum atomic E-state index is 8.90. The number of hydrogen-bond donors (Lipinski definition) is 2. The summed E-state index contributed by atoms with van der Waals surface area (Å²) in [6, 6.07) is 0. The van der Waals surface area contributed by atoms with Gasteiger partial charge in [-0.25, -0.2) is 4.79 Å². The number of carboxylic acid groups (broad SMARTS) is 1. The zero-order valence-electron chi connectivity index (χ0n) is 3.04. The Morgan fingerprint density at radius 2 is 1.71 bits per heavy atom. The van der Waals surface area contributed by atoms with Crippen LogP contribution in [0.5, 0.6) is 0 Å². The molecule has 0 spiro atoms. The fraction of sp³-hybridized carbons (Fsp3) is 0. The molecule has 0 aliphatic carbocycles. The van der Waals surface area contributed by atoms with E-state index < -0.39 is 6.16 Å². The molecule has 0 aromatic rings. The van der Waals surface area contributed by atoms with Gasteiger partial charge in [-0.05, 0) is 0 Å². The quantitative estimate of drug-likeness (QED) is 0.357. The summed E-state index contributed by atoms with van der Waals surface area (Å²) >= 11 is 0. The fourth-order valence-corrected chi connectivity index (χ4v) is 0. The van der Waals surface area contributed by atoms with Gasteiger partial charge in [0, 0.05) is 16.8 Å². The van der Waals surface area contributed by atoms with E-state index in [1.54, 1.807) is 0 Å². The van der Waals surface area contributed by atoms with E-state index in [9.17, 15) is 0 Å². The van der Waals surface area contributed by atoms with Crippen LogP contribution in [0, 0.1) is 0 Å². The third-order valence-electron chi connectivity index (χ3n) is 0.0781. The van der Waals surface area contributed by atoms with Gasteiger partial charge in [0.1, 0.15) is 0 Å². The zero-order chi connectivity index (χ0) is 4.28. The van der Waals surface area contributed by atoms with Gasteiger partial charge in [0.15, 0.2) is 0 Å². The van der Waals surface area contributed by atoms with Crippen molar-refractivity contribution < 1.29 is 42.3 Å². The van der Waals surface area contributed by atoms with Crippen LogP contribution >= 0.6 is 0 Å². The van der Waals surface area contributed by atoms with E-state index in [0.29, 0.717) is 0 Å². The van der Waals surface area contributed by atoms with Crippen molar-refractivity contribution in [2.75, 3.05) is 0 Å². The Hall–Kier alpha value is -0.304. The summed E-state index contributed by atoms with van der Waals surface area (Å²) in [5, 5.41) is 14.3. The van der Waals surface area contributed by atoms with Gasteiger partial charge in [-0.3, -0.25) is 4.89 Å². The van der Waals surface area contributed by atoms with Gasteiger partial charge >= 0.3 is 6.16 Å². The van der Waals surface area contributed by atoms with Crippen LogP contribution < -0.4 is 0 Å². The first kappa shape index (κ1) is 15.9. The standard InChI is InChI=1S/CH2O4.Co.H2O/c2-1(3)5-4;;/h4H,(H,2,3);;1H2. The normalized spacial score (nSPS) is 4.71. The molecule has 0 saturated carbocycles. The second-order valence-corrected chi connectivity index (χ2v) is 0.357. The third kappa shape index (κ3) is 27.0. The van der Waals surface area contributed by atoms with Gasteiger partial charge in [-0.2, -0.15) is 5.26 Å². The van der Waals surface area contributed by atoms with E-state index in [4.69, 9.17) is 15.2 Å². The Balaban J connectivity index is -0.0000000800. The molecule has 0 atom stereocenters. The van der Waals surface area contributed by atoms with E-state index in [0.717, 1.165) is 0 Å². The van der Waals surface area contributed by atoms with Crippen LogP contribution in [0.3, 0.4) is 0 Å². The van der Waals surface area contributed by atoms with Crippen molar-refractivity contribution in [2.45, 2.75) is 0 Å². The maximum Gasteiger partial charge on any atom is 0.537 e. The van der Waals surface area contributed by atoms with E-state index in [2.05, 4.69) is 4.89 Å². The predicted octanol–water partition coefficient (Wildman–Crippen LogP) is -0.673. The van der Waals surface area contributed by atoms with Crippen molar-refractivity contribution in [1.82, 2.24) is 0 Å². The van der Waals surface area contributed by atoms with Crippen LogP contribution in [-0.4, -0.2) is 22.0 Å². The number of rotatable bonds is 0. The van der Waals surface area contributed by atoms with Crippen molar-refractivity contribution in [3.63, 3.8) is 0 Å². The molecule has 0 bridgehead atoms. The number of hydrogen-bond acceptors (Lipinski definition) is 3. The topological polar surface area (TPSA) is 98.3 Å². The fourth-order valence-electron chi connectivity index (χ4n) is 0. The molecule has 0 aliphatic heterocycles.